The molecule has 0 radical (unpaired) electrons. The lowest BCUT2D eigenvalue weighted by atomic mass is 9.87. The lowest BCUT2D eigenvalue weighted by molar-refractivity contribution is 0.304. The first kappa shape index (κ1) is 21.1. The highest BCUT2D eigenvalue weighted by atomic mass is 32.2. The SMILES string of the molecule is COc1ccc(C)cc1[C@H](CCOS(=O)(=O)c1ccc(C)cc1)c1ccccc1. The van der Waals surface area contributed by atoms with Crippen LogP contribution in [0.3, 0.4) is 0 Å². The molecule has 152 valence electrons. The minimum Gasteiger partial charge on any atom is -0.496 e. The lowest BCUT2D eigenvalue weighted by Crippen LogP contribution is -2.12. The largest absolute Gasteiger partial charge is 0.496 e. The third-order valence-electron chi connectivity index (χ3n) is 4.92. The van der Waals surface area contributed by atoms with Crippen molar-refractivity contribution in [2.75, 3.05) is 13.7 Å². The second kappa shape index (κ2) is 9.25. The van der Waals surface area contributed by atoms with Crippen molar-refractivity contribution in [3.05, 3.63) is 95.1 Å². The molecule has 0 unspecified atom stereocenters. The second-order valence-electron chi connectivity index (χ2n) is 7.09. The van der Waals surface area contributed by atoms with E-state index < -0.39 is 10.1 Å². The summed E-state index contributed by atoms with van der Waals surface area (Å²) in [4.78, 5) is 0.174. The number of benzene rings is 3. The van der Waals surface area contributed by atoms with Crippen LogP contribution in [0.15, 0.2) is 77.7 Å². The molecule has 4 nitrogen and oxygen atoms in total. The van der Waals surface area contributed by atoms with E-state index in [1.165, 1.54) is 0 Å². The van der Waals surface area contributed by atoms with Crippen LogP contribution in [0.1, 0.15) is 34.6 Å². The van der Waals surface area contributed by atoms with E-state index in [0.29, 0.717) is 6.42 Å². The van der Waals surface area contributed by atoms with Crippen molar-refractivity contribution in [1.82, 2.24) is 0 Å². The Morgan fingerprint density at radius 3 is 2.17 bits per heavy atom. The molecule has 0 N–H and O–H groups in total. The van der Waals surface area contributed by atoms with Gasteiger partial charge in [0.2, 0.25) is 0 Å². The van der Waals surface area contributed by atoms with Gasteiger partial charge in [-0.3, -0.25) is 4.18 Å². The lowest BCUT2D eigenvalue weighted by Gasteiger charge is -2.21. The van der Waals surface area contributed by atoms with Crippen LogP contribution in [0.25, 0.3) is 0 Å². The van der Waals surface area contributed by atoms with Gasteiger partial charge >= 0.3 is 0 Å². The Balaban J connectivity index is 1.83. The Hall–Kier alpha value is -2.63. The number of ether oxygens (including phenoxy) is 1. The van der Waals surface area contributed by atoms with Crippen molar-refractivity contribution in [1.29, 1.82) is 0 Å². The molecular formula is C24H26O4S. The summed E-state index contributed by atoms with van der Waals surface area (Å²) < 4.78 is 36.0. The Bertz CT molecular complexity index is 1040. The van der Waals surface area contributed by atoms with Gasteiger partial charge in [0, 0.05) is 11.5 Å². The summed E-state index contributed by atoms with van der Waals surface area (Å²) in [7, 11) is -2.14. The van der Waals surface area contributed by atoms with E-state index in [9.17, 15) is 8.42 Å². The van der Waals surface area contributed by atoms with Gasteiger partial charge in [-0.05, 0) is 44.0 Å². The summed E-state index contributed by atoms with van der Waals surface area (Å²) in [5.74, 6) is 0.741. The Morgan fingerprint density at radius 2 is 1.52 bits per heavy atom. The van der Waals surface area contributed by atoms with Crippen molar-refractivity contribution in [2.24, 2.45) is 0 Å². The van der Waals surface area contributed by atoms with Gasteiger partial charge in [-0.25, -0.2) is 0 Å². The third kappa shape index (κ3) is 5.25. The van der Waals surface area contributed by atoms with Gasteiger partial charge < -0.3 is 4.74 Å². The number of methoxy groups -OCH3 is 1. The molecule has 3 aromatic carbocycles. The molecule has 0 aliphatic rings. The molecule has 0 fully saturated rings. The van der Waals surface area contributed by atoms with Crippen LogP contribution in [-0.4, -0.2) is 22.1 Å². The summed E-state index contributed by atoms with van der Waals surface area (Å²) in [6, 6.07) is 22.7. The highest BCUT2D eigenvalue weighted by Gasteiger charge is 2.21. The van der Waals surface area contributed by atoms with Gasteiger partial charge in [-0.1, -0.05) is 65.7 Å². The monoisotopic (exact) mass is 410 g/mol. The average Bonchev–Trinajstić information content (AvgIpc) is 2.72. The predicted molar refractivity (Wildman–Crippen MR) is 115 cm³/mol. The van der Waals surface area contributed by atoms with Crippen molar-refractivity contribution in [2.45, 2.75) is 31.1 Å². The second-order valence-corrected chi connectivity index (χ2v) is 8.70. The minimum atomic E-state index is -3.79. The first-order valence-electron chi connectivity index (χ1n) is 9.56. The predicted octanol–water partition coefficient (Wildman–Crippen LogP) is 5.24. The van der Waals surface area contributed by atoms with Gasteiger partial charge in [0.15, 0.2) is 0 Å². The van der Waals surface area contributed by atoms with Gasteiger partial charge in [-0.2, -0.15) is 8.42 Å². The van der Waals surface area contributed by atoms with Gasteiger partial charge in [0.1, 0.15) is 5.75 Å². The quantitative estimate of drug-likeness (QED) is 0.477. The van der Waals surface area contributed by atoms with Crippen LogP contribution in [0, 0.1) is 13.8 Å². The summed E-state index contributed by atoms with van der Waals surface area (Å²) in [6.45, 7) is 4.02. The maximum Gasteiger partial charge on any atom is 0.296 e. The van der Waals surface area contributed by atoms with Gasteiger partial charge in [-0.15, -0.1) is 0 Å². The topological polar surface area (TPSA) is 52.6 Å². The molecule has 1 atom stereocenters. The van der Waals surface area contributed by atoms with E-state index in [4.69, 9.17) is 8.92 Å². The van der Waals surface area contributed by atoms with Gasteiger partial charge in [0.05, 0.1) is 18.6 Å². The fraction of sp³-hybridized carbons (Fsp3) is 0.250. The number of rotatable bonds is 8. The Morgan fingerprint density at radius 1 is 0.862 bits per heavy atom. The molecule has 0 aromatic heterocycles. The van der Waals surface area contributed by atoms with Crippen LogP contribution in [0.2, 0.25) is 0 Å². The van der Waals surface area contributed by atoms with Crippen LogP contribution < -0.4 is 4.74 Å². The van der Waals surface area contributed by atoms with E-state index >= 15 is 0 Å². The summed E-state index contributed by atoms with van der Waals surface area (Å²) in [6.07, 6.45) is 0.509. The van der Waals surface area contributed by atoms with Crippen molar-refractivity contribution < 1.29 is 17.3 Å². The third-order valence-corrected chi connectivity index (χ3v) is 6.24. The molecule has 0 aliphatic heterocycles. The molecule has 0 aliphatic carbocycles. The zero-order valence-electron chi connectivity index (χ0n) is 17.0. The zero-order valence-corrected chi connectivity index (χ0v) is 17.8. The number of hydrogen-bond acceptors (Lipinski definition) is 4. The maximum absolute atomic E-state index is 12.5. The molecule has 29 heavy (non-hydrogen) atoms. The molecule has 0 saturated heterocycles. The molecule has 5 heteroatoms. The summed E-state index contributed by atoms with van der Waals surface area (Å²) >= 11 is 0. The van der Waals surface area contributed by atoms with E-state index in [1.54, 1.807) is 31.4 Å². The molecule has 0 bridgehead atoms. The summed E-state index contributed by atoms with van der Waals surface area (Å²) in [5, 5.41) is 0. The van der Waals surface area contributed by atoms with E-state index in [2.05, 4.69) is 6.07 Å². The van der Waals surface area contributed by atoms with Crippen molar-refractivity contribution >= 4 is 10.1 Å². The molecule has 3 aromatic rings. The van der Waals surface area contributed by atoms with Crippen LogP contribution in [0.4, 0.5) is 0 Å². The smallest absolute Gasteiger partial charge is 0.296 e. The van der Waals surface area contributed by atoms with E-state index in [0.717, 1.165) is 28.0 Å². The van der Waals surface area contributed by atoms with Crippen LogP contribution in [-0.2, 0) is 14.3 Å². The fourth-order valence-electron chi connectivity index (χ4n) is 3.36. The number of hydrogen-bond donors (Lipinski definition) is 0. The Labute approximate surface area is 173 Å². The van der Waals surface area contributed by atoms with E-state index in [-0.39, 0.29) is 17.4 Å². The summed E-state index contributed by atoms with van der Waals surface area (Å²) in [5.41, 5.74) is 4.23. The van der Waals surface area contributed by atoms with Crippen molar-refractivity contribution in [3.63, 3.8) is 0 Å². The van der Waals surface area contributed by atoms with Crippen LogP contribution >= 0.6 is 0 Å². The highest BCUT2D eigenvalue weighted by Crippen LogP contribution is 2.35. The molecule has 0 heterocycles. The minimum absolute atomic E-state index is 0.0423. The highest BCUT2D eigenvalue weighted by molar-refractivity contribution is 7.86. The normalized spacial score (nSPS) is 12.5. The average molecular weight is 411 g/mol. The van der Waals surface area contributed by atoms with Gasteiger partial charge in [0.25, 0.3) is 10.1 Å². The van der Waals surface area contributed by atoms with E-state index in [1.807, 2.05) is 56.3 Å². The Kier molecular flexibility index (Phi) is 6.72. The standard InChI is InChI=1S/C24H26O4S/c1-18-9-12-21(13-10-18)29(25,26)28-16-15-22(20-7-5-4-6-8-20)23-17-19(2)11-14-24(23)27-3/h4-14,17,22H,15-16H2,1-3H3/t22-/m1/s1. The first-order chi connectivity index (χ1) is 13.9. The van der Waals surface area contributed by atoms with Crippen LogP contribution in [0.5, 0.6) is 5.75 Å². The molecular weight excluding hydrogens is 384 g/mol. The molecule has 3 rings (SSSR count). The maximum atomic E-state index is 12.5. The number of aryl methyl sites for hydroxylation is 2. The molecule has 0 spiro atoms. The zero-order chi connectivity index (χ0) is 20.9. The van der Waals surface area contributed by atoms with Crippen molar-refractivity contribution in [3.8, 4) is 5.75 Å². The first-order valence-corrected chi connectivity index (χ1v) is 11.0. The molecule has 0 saturated carbocycles. The molecule has 0 amide bonds. The fourth-order valence-corrected chi connectivity index (χ4v) is 4.28.